The Bertz CT molecular complexity index is 305. The number of hydrogen-bond donors (Lipinski definition) is 0. The molecule has 13 heavy (non-hydrogen) atoms. The van der Waals surface area contributed by atoms with Crippen LogP contribution >= 0.6 is 23.7 Å². The number of hydrogen-bond acceptors (Lipinski definition) is 1. The van der Waals surface area contributed by atoms with Crippen molar-refractivity contribution < 1.29 is 22.4 Å². The Morgan fingerprint density at radius 1 is 1.08 bits per heavy atom. The van der Waals surface area contributed by atoms with Gasteiger partial charge in [0.2, 0.25) is 0 Å². The van der Waals surface area contributed by atoms with Gasteiger partial charge in [0.05, 0.1) is 23.7 Å². The molecule has 2 rings (SSSR count). The molecule has 2 aromatic carbocycles. The summed E-state index contributed by atoms with van der Waals surface area (Å²) in [4.78, 5) is 0. The topological polar surface area (TPSA) is 9.23 Å². The summed E-state index contributed by atoms with van der Waals surface area (Å²) in [5.74, 6) is 0. The smallest absolute Gasteiger partial charge is 0.0832 e. The average Bonchev–Trinajstić information content (AvgIpc) is 2.52. The van der Waals surface area contributed by atoms with Gasteiger partial charge < -0.3 is 0 Å². The third-order valence-corrected chi connectivity index (χ3v) is 1.55. The van der Waals surface area contributed by atoms with E-state index in [1.165, 1.54) is 10.8 Å². The van der Waals surface area contributed by atoms with Crippen LogP contribution in [0.15, 0.2) is 42.5 Å². The van der Waals surface area contributed by atoms with Crippen LogP contribution in [0.1, 0.15) is 0 Å². The van der Waals surface area contributed by atoms with Gasteiger partial charge in [-0.05, 0) is 0 Å². The molecule has 0 aliphatic heterocycles. The molecule has 0 saturated carbocycles. The first-order valence-electron chi connectivity index (χ1n) is 3.38. The van der Waals surface area contributed by atoms with Crippen molar-refractivity contribution in [1.29, 1.82) is 0 Å². The van der Waals surface area contributed by atoms with E-state index in [0.717, 1.165) is 0 Å². The number of benzene rings is 1. The molecule has 0 spiro atoms. The summed E-state index contributed by atoms with van der Waals surface area (Å²) in [5, 5.41) is 2.66. The maximum Gasteiger partial charge on any atom is 0.0832 e. The molecule has 2 aromatic rings. The Balaban J connectivity index is 0.000000324. The molecular formula is C9H7Cl2OV-. The number of fused-ring (bicyclic) bond motifs is 1. The van der Waals surface area contributed by atoms with Crippen LogP contribution in [0, 0.1) is 0 Å². The van der Waals surface area contributed by atoms with Gasteiger partial charge in [-0.2, -0.15) is 21.4 Å². The maximum absolute atomic E-state index is 4.26. The second kappa shape index (κ2) is 7.37. The van der Waals surface area contributed by atoms with Crippen molar-refractivity contribution in [2.24, 2.45) is 0 Å². The Morgan fingerprint density at radius 2 is 1.69 bits per heavy atom. The minimum absolute atomic E-state index is 0. The molecule has 0 amide bonds. The van der Waals surface area contributed by atoms with Crippen LogP contribution in [0.25, 0.3) is 10.8 Å². The predicted molar refractivity (Wildman–Crippen MR) is 52.3 cm³/mol. The zero-order valence-corrected chi connectivity index (χ0v) is 9.56. The molecule has 0 unspecified atom stereocenters. The summed E-state index contributed by atoms with van der Waals surface area (Å²) in [6.07, 6.45) is 0. The maximum atomic E-state index is 4.26. The van der Waals surface area contributed by atoms with Gasteiger partial charge in [-0.15, -0.1) is 29.7 Å². The van der Waals surface area contributed by atoms with E-state index >= 15 is 0 Å². The molecule has 1 radical (unpaired) electrons. The third-order valence-electron chi connectivity index (χ3n) is 1.55. The molecule has 0 aliphatic carbocycles. The van der Waals surface area contributed by atoms with Crippen LogP contribution < -0.4 is 0 Å². The third kappa shape index (κ3) is 4.12. The Morgan fingerprint density at radius 3 is 2.31 bits per heavy atom. The fraction of sp³-hybridized carbons (Fsp3) is 0. The monoisotopic (exact) mass is 252 g/mol. The van der Waals surface area contributed by atoms with Crippen LogP contribution in [0.4, 0.5) is 0 Å². The van der Waals surface area contributed by atoms with Gasteiger partial charge in [-0.3, -0.25) is 0 Å². The van der Waals surface area contributed by atoms with Crippen molar-refractivity contribution in [3.05, 3.63) is 42.5 Å². The first-order chi connectivity index (χ1) is 5.88. The largest absolute Gasteiger partial charge is 0.168 e. The van der Waals surface area contributed by atoms with Crippen molar-refractivity contribution in [3.63, 3.8) is 0 Å². The molecular weight excluding hydrogens is 246 g/mol. The van der Waals surface area contributed by atoms with Gasteiger partial charge in [-0.25, -0.2) is 0 Å². The molecule has 4 heteroatoms. The zero-order valence-electron chi connectivity index (χ0n) is 6.65. The normalized spacial score (nSPS) is 8.46. The molecule has 0 saturated heterocycles. The number of halogens is 2. The van der Waals surface area contributed by atoms with E-state index in [1.54, 1.807) is 0 Å². The van der Waals surface area contributed by atoms with E-state index in [9.17, 15) is 0 Å². The summed E-state index contributed by atoms with van der Waals surface area (Å²) in [6.45, 7) is 0. The molecule has 69 valence electrons. The van der Waals surface area contributed by atoms with Crippen molar-refractivity contribution >= 4 is 34.5 Å². The van der Waals surface area contributed by atoms with Crippen molar-refractivity contribution in [1.82, 2.24) is 0 Å². The van der Waals surface area contributed by atoms with Gasteiger partial charge in [0.25, 0.3) is 0 Å². The summed E-state index contributed by atoms with van der Waals surface area (Å²) in [7, 11) is 0. The average molecular weight is 253 g/mol. The molecule has 0 N–H and O–H groups in total. The fourth-order valence-corrected chi connectivity index (χ4v) is 1.07. The molecule has 1 nitrogen and oxygen atoms in total. The first-order valence-corrected chi connectivity index (χ1v) is 4.00. The second-order valence-electron chi connectivity index (χ2n) is 2.21. The summed E-state index contributed by atoms with van der Waals surface area (Å²) >= 11 is 8.53. The minimum Gasteiger partial charge on any atom is -0.168 e. The van der Waals surface area contributed by atoms with Crippen molar-refractivity contribution in [2.75, 3.05) is 0 Å². The molecule has 0 bridgehead atoms. The van der Waals surface area contributed by atoms with E-state index in [0.29, 0.717) is 0 Å². The van der Waals surface area contributed by atoms with E-state index in [2.05, 4.69) is 70.0 Å². The zero-order chi connectivity index (χ0) is 8.81. The summed E-state index contributed by atoms with van der Waals surface area (Å²) < 4.78 is 3.19. The van der Waals surface area contributed by atoms with Gasteiger partial charge in [-0.1, -0.05) is 6.07 Å². The summed E-state index contributed by atoms with van der Waals surface area (Å²) in [5.41, 5.74) is 0. The molecule has 0 fully saturated rings. The molecule has 0 aliphatic rings. The minimum atomic E-state index is 0. The van der Waals surface area contributed by atoms with Gasteiger partial charge in [0, 0.05) is 18.6 Å². The van der Waals surface area contributed by atoms with E-state index in [4.69, 9.17) is 0 Å². The van der Waals surface area contributed by atoms with E-state index in [1.807, 2.05) is 0 Å². The Kier molecular flexibility index (Phi) is 7.34. The van der Waals surface area contributed by atoms with Crippen molar-refractivity contribution in [3.8, 4) is 0 Å². The predicted octanol–water partition coefficient (Wildman–Crippen LogP) is 3.87. The van der Waals surface area contributed by atoms with E-state index in [-0.39, 0.29) is 18.6 Å². The molecule has 0 aromatic heterocycles. The van der Waals surface area contributed by atoms with Crippen LogP contribution in [0.3, 0.4) is 0 Å². The Hall–Kier alpha value is -0.0456. The van der Waals surface area contributed by atoms with E-state index < -0.39 is 0 Å². The second-order valence-corrected chi connectivity index (χ2v) is 2.68. The SMILES string of the molecule is ClOCl.[V].c1ccc2[cH-]ccc2c1. The van der Waals surface area contributed by atoms with Crippen LogP contribution in [-0.4, -0.2) is 0 Å². The standard InChI is InChI=1S/C9H7.Cl2O.V/c1-2-5-9-7-3-6-8(9)4-1;1-3-2;/h1-7H;;/q-1;;. The van der Waals surface area contributed by atoms with Crippen LogP contribution in [-0.2, 0) is 22.4 Å². The Labute approximate surface area is 99.2 Å². The number of rotatable bonds is 0. The molecule has 0 heterocycles. The van der Waals surface area contributed by atoms with Gasteiger partial charge in [0.15, 0.2) is 0 Å². The summed E-state index contributed by atoms with van der Waals surface area (Å²) in [6, 6.07) is 14.7. The van der Waals surface area contributed by atoms with Crippen LogP contribution in [0.2, 0.25) is 0 Å². The molecule has 0 atom stereocenters. The quantitative estimate of drug-likeness (QED) is 0.647. The van der Waals surface area contributed by atoms with Gasteiger partial charge in [0.1, 0.15) is 0 Å². The first kappa shape index (κ1) is 13.0. The fourth-order valence-electron chi connectivity index (χ4n) is 1.07. The van der Waals surface area contributed by atoms with Crippen molar-refractivity contribution in [2.45, 2.75) is 0 Å². The van der Waals surface area contributed by atoms with Gasteiger partial charge >= 0.3 is 0 Å². The van der Waals surface area contributed by atoms with Crippen LogP contribution in [0.5, 0.6) is 0 Å².